The molecule has 0 heterocycles. The number of nitrogens with zero attached hydrogens (tertiary/aromatic N) is 1. The molecule has 0 bridgehead atoms. The maximum atomic E-state index is 11.3. The topological polar surface area (TPSA) is 33.0 Å². The summed E-state index contributed by atoms with van der Waals surface area (Å²) in [6, 6.07) is 1.66. The standard InChI is InChI=1S/C5H7F2NO/c1-4(2-8)9-3-5(6)7/h4-5H,3H2,1H3. The first kappa shape index (κ1) is 8.31. The van der Waals surface area contributed by atoms with Crippen molar-refractivity contribution in [3.63, 3.8) is 0 Å². The summed E-state index contributed by atoms with van der Waals surface area (Å²) in [5.41, 5.74) is 0. The van der Waals surface area contributed by atoms with Crippen LogP contribution in [0.4, 0.5) is 8.78 Å². The highest BCUT2D eigenvalue weighted by molar-refractivity contribution is 4.78. The lowest BCUT2D eigenvalue weighted by Crippen LogP contribution is -2.11. The summed E-state index contributed by atoms with van der Waals surface area (Å²) < 4.78 is 26.9. The molecule has 0 amide bonds. The average molecular weight is 135 g/mol. The molecule has 1 unspecified atom stereocenters. The van der Waals surface area contributed by atoms with Crippen molar-refractivity contribution in [3.05, 3.63) is 0 Å². The quantitative estimate of drug-likeness (QED) is 0.582. The third kappa shape index (κ3) is 5.18. The number of ether oxygens (including phenoxy) is 1. The molecule has 52 valence electrons. The van der Waals surface area contributed by atoms with E-state index < -0.39 is 19.1 Å². The molecule has 0 aliphatic rings. The molecule has 0 N–H and O–H groups in total. The van der Waals surface area contributed by atoms with E-state index >= 15 is 0 Å². The lowest BCUT2D eigenvalue weighted by Gasteiger charge is -2.02. The molecular weight excluding hydrogens is 128 g/mol. The first-order chi connectivity index (χ1) is 4.16. The Labute approximate surface area is 52.0 Å². The zero-order valence-electron chi connectivity index (χ0n) is 4.97. The first-order valence-electron chi connectivity index (χ1n) is 2.46. The summed E-state index contributed by atoms with van der Waals surface area (Å²) in [5, 5.41) is 8.03. The summed E-state index contributed by atoms with van der Waals surface area (Å²) in [5.74, 6) is 0. The minimum absolute atomic E-state index is 0.658. The maximum Gasteiger partial charge on any atom is 0.261 e. The van der Waals surface area contributed by atoms with Gasteiger partial charge in [0.05, 0.1) is 6.07 Å². The fourth-order valence-corrected chi connectivity index (χ4v) is 0.254. The Morgan fingerprint density at radius 1 is 1.67 bits per heavy atom. The second-order valence-electron chi connectivity index (χ2n) is 1.50. The van der Waals surface area contributed by atoms with Gasteiger partial charge in [-0.1, -0.05) is 0 Å². The molecule has 0 saturated carbocycles. The maximum absolute atomic E-state index is 11.3. The van der Waals surface area contributed by atoms with E-state index in [0.717, 1.165) is 0 Å². The molecule has 0 aliphatic carbocycles. The molecule has 0 rings (SSSR count). The summed E-state index contributed by atoms with van der Waals surface area (Å²) in [6.45, 7) is 0.761. The Bertz CT molecular complexity index is 110. The Morgan fingerprint density at radius 2 is 2.22 bits per heavy atom. The largest absolute Gasteiger partial charge is 0.358 e. The number of hydrogen-bond acceptors (Lipinski definition) is 2. The van der Waals surface area contributed by atoms with Gasteiger partial charge in [-0.25, -0.2) is 8.78 Å². The lowest BCUT2D eigenvalue weighted by molar-refractivity contribution is 0.00152. The van der Waals surface area contributed by atoms with Gasteiger partial charge < -0.3 is 4.74 Å². The van der Waals surface area contributed by atoms with Gasteiger partial charge in [0.1, 0.15) is 12.7 Å². The smallest absolute Gasteiger partial charge is 0.261 e. The number of hydrogen-bond donors (Lipinski definition) is 0. The first-order valence-corrected chi connectivity index (χ1v) is 2.46. The highest BCUT2D eigenvalue weighted by Gasteiger charge is 2.05. The lowest BCUT2D eigenvalue weighted by atomic mass is 10.5. The Kier molecular flexibility index (Phi) is 3.89. The molecule has 0 aromatic heterocycles. The van der Waals surface area contributed by atoms with Crippen LogP contribution < -0.4 is 0 Å². The zero-order valence-corrected chi connectivity index (χ0v) is 4.97. The molecule has 1 atom stereocenters. The van der Waals surface area contributed by atoms with Crippen LogP contribution in [0.2, 0.25) is 0 Å². The van der Waals surface area contributed by atoms with Crippen LogP contribution >= 0.6 is 0 Å². The van der Waals surface area contributed by atoms with Gasteiger partial charge in [-0.2, -0.15) is 5.26 Å². The Balaban J connectivity index is 3.19. The van der Waals surface area contributed by atoms with E-state index in [9.17, 15) is 8.78 Å². The predicted octanol–water partition coefficient (Wildman–Crippen LogP) is 1.18. The fourth-order valence-electron chi connectivity index (χ4n) is 0.254. The second-order valence-corrected chi connectivity index (χ2v) is 1.50. The van der Waals surface area contributed by atoms with Crippen molar-refractivity contribution in [2.45, 2.75) is 19.5 Å². The van der Waals surface area contributed by atoms with Crippen LogP contribution in [0.3, 0.4) is 0 Å². The van der Waals surface area contributed by atoms with Crippen LogP contribution in [0, 0.1) is 11.3 Å². The minimum Gasteiger partial charge on any atom is -0.358 e. The van der Waals surface area contributed by atoms with Crippen molar-refractivity contribution in [1.29, 1.82) is 5.26 Å². The summed E-state index contributed by atoms with van der Waals surface area (Å²) in [4.78, 5) is 0. The second kappa shape index (κ2) is 4.21. The van der Waals surface area contributed by atoms with E-state index in [0.29, 0.717) is 0 Å². The molecule has 2 nitrogen and oxygen atoms in total. The normalized spacial score (nSPS) is 13.2. The van der Waals surface area contributed by atoms with Gasteiger partial charge in [-0.15, -0.1) is 0 Å². The van der Waals surface area contributed by atoms with Crippen LogP contribution in [0.5, 0.6) is 0 Å². The highest BCUT2D eigenvalue weighted by atomic mass is 19.3. The molecular formula is C5H7F2NO. The van der Waals surface area contributed by atoms with Crippen LogP contribution in [-0.2, 0) is 4.74 Å². The van der Waals surface area contributed by atoms with Gasteiger partial charge in [0.2, 0.25) is 0 Å². The van der Waals surface area contributed by atoms with Gasteiger partial charge in [0.25, 0.3) is 6.43 Å². The number of rotatable bonds is 3. The number of nitriles is 1. The SMILES string of the molecule is CC(C#N)OCC(F)F. The molecule has 4 heteroatoms. The molecule has 0 fully saturated rings. The molecule has 9 heavy (non-hydrogen) atoms. The van der Waals surface area contributed by atoms with Crippen molar-refractivity contribution >= 4 is 0 Å². The van der Waals surface area contributed by atoms with E-state index in [2.05, 4.69) is 4.74 Å². The van der Waals surface area contributed by atoms with Gasteiger partial charge in [0.15, 0.2) is 0 Å². The summed E-state index contributed by atoms with van der Waals surface area (Å²) >= 11 is 0. The van der Waals surface area contributed by atoms with Crippen molar-refractivity contribution in [3.8, 4) is 6.07 Å². The molecule has 0 aromatic carbocycles. The third-order valence-electron chi connectivity index (χ3n) is 0.654. The third-order valence-corrected chi connectivity index (χ3v) is 0.654. The molecule has 0 radical (unpaired) electrons. The molecule has 0 saturated heterocycles. The summed E-state index contributed by atoms with van der Waals surface area (Å²) in [6.07, 6.45) is -3.22. The van der Waals surface area contributed by atoms with E-state index in [-0.39, 0.29) is 0 Å². The highest BCUT2D eigenvalue weighted by Crippen LogP contribution is 1.95. The van der Waals surface area contributed by atoms with E-state index in [1.54, 1.807) is 6.07 Å². The average Bonchev–Trinajstić information content (AvgIpc) is 1.83. The van der Waals surface area contributed by atoms with Gasteiger partial charge in [0, 0.05) is 0 Å². The summed E-state index contributed by atoms with van der Waals surface area (Å²) in [7, 11) is 0. The van der Waals surface area contributed by atoms with E-state index in [4.69, 9.17) is 5.26 Å². The van der Waals surface area contributed by atoms with Gasteiger partial charge in [-0.3, -0.25) is 0 Å². The van der Waals surface area contributed by atoms with Gasteiger partial charge >= 0.3 is 0 Å². The minimum atomic E-state index is -2.49. The van der Waals surface area contributed by atoms with E-state index in [1.807, 2.05) is 0 Å². The number of halogens is 2. The molecule has 0 aromatic rings. The van der Waals surface area contributed by atoms with Crippen molar-refractivity contribution < 1.29 is 13.5 Å². The zero-order chi connectivity index (χ0) is 7.28. The number of alkyl halides is 2. The van der Waals surface area contributed by atoms with Crippen LogP contribution in [0.25, 0.3) is 0 Å². The Morgan fingerprint density at radius 3 is 2.56 bits per heavy atom. The van der Waals surface area contributed by atoms with Crippen LogP contribution in [0.1, 0.15) is 6.92 Å². The van der Waals surface area contributed by atoms with Crippen molar-refractivity contribution in [2.24, 2.45) is 0 Å². The monoisotopic (exact) mass is 135 g/mol. The fraction of sp³-hybridized carbons (Fsp3) is 0.800. The van der Waals surface area contributed by atoms with Gasteiger partial charge in [-0.05, 0) is 6.92 Å². The molecule has 0 aliphatic heterocycles. The Hall–Kier alpha value is -0.690. The molecule has 0 spiro atoms. The van der Waals surface area contributed by atoms with Crippen LogP contribution in [0.15, 0.2) is 0 Å². The van der Waals surface area contributed by atoms with Crippen LogP contribution in [-0.4, -0.2) is 19.1 Å². The van der Waals surface area contributed by atoms with Crippen molar-refractivity contribution in [1.82, 2.24) is 0 Å². The predicted molar refractivity (Wildman–Crippen MR) is 27.0 cm³/mol. The van der Waals surface area contributed by atoms with Crippen molar-refractivity contribution in [2.75, 3.05) is 6.61 Å². The van der Waals surface area contributed by atoms with E-state index in [1.165, 1.54) is 6.92 Å².